The number of nitrogens with one attached hydrogen (secondary N) is 1. The van der Waals surface area contributed by atoms with Gasteiger partial charge in [-0.05, 0) is 30.7 Å². The molecule has 4 nitrogen and oxygen atoms in total. The Morgan fingerprint density at radius 3 is 2.95 bits per heavy atom. The van der Waals surface area contributed by atoms with E-state index in [0.717, 1.165) is 24.5 Å². The third-order valence-corrected chi connectivity index (χ3v) is 4.91. The molecule has 0 bridgehead atoms. The summed E-state index contributed by atoms with van der Waals surface area (Å²) in [7, 11) is 0. The quantitative estimate of drug-likeness (QED) is 0.897. The molecule has 1 aromatic rings. The fourth-order valence-corrected chi connectivity index (χ4v) is 3.68. The molecule has 1 amide bonds. The largest absolute Gasteiger partial charge is 0.397 e. The number of amides is 1. The molecule has 2 rings (SSSR count). The van der Waals surface area contributed by atoms with E-state index in [1.165, 1.54) is 24.2 Å². The van der Waals surface area contributed by atoms with Crippen molar-refractivity contribution in [2.45, 2.75) is 40.0 Å². The van der Waals surface area contributed by atoms with Gasteiger partial charge >= 0.3 is 0 Å². The summed E-state index contributed by atoms with van der Waals surface area (Å²) in [5.41, 5.74) is 6.95. The van der Waals surface area contributed by atoms with Gasteiger partial charge in [0, 0.05) is 19.6 Å². The number of thiophene rings is 1. The molecule has 5 heteroatoms. The van der Waals surface area contributed by atoms with Crippen LogP contribution >= 0.6 is 11.3 Å². The molecule has 0 aromatic carbocycles. The molecule has 0 saturated carbocycles. The number of anilines is 2. The summed E-state index contributed by atoms with van der Waals surface area (Å²) in [5.74, 6) is -0.0446. The van der Waals surface area contributed by atoms with Gasteiger partial charge < -0.3 is 16.0 Å². The number of nitrogens with two attached hydrogens (primary N) is 1. The zero-order valence-corrected chi connectivity index (χ0v) is 13.5. The molecule has 0 atom stereocenters. The maximum absolute atomic E-state index is 12.0. The lowest BCUT2D eigenvalue weighted by atomic mass is 9.84. The Kier molecular flexibility index (Phi) is 4.58. The molecule has 0 aliphatic carbocycles. The highest BCUT2D eigenvalue weighted by molar-refractivity contribution is 7.18. The number of carbonyl (C=O) groups excluding carboxylic acids is 1. The Morgan fingerprint density at radius 1 is 1.55 bits per heavy atom. The van der Waals surface area contributed by atoms with Gasteiger partial charge in [-0.25, -0.2) is 0 Å². The van der Waals surface area contributed by atoms with E-state index in [2.05, 4.69) is 24.1 Å². The highest BCUT2D eigenvalue weighted by atomic mass is 32.1. The van der Waals surface area contributed by atoms with Gasteiger partial charge in [0.05, 0.1) is 10.7 Å². The molecule has 1 fully saturated rings. The lowest BCUT2D eigenvalue weighted by Crippen LogP contribution is -2.39. The second-order valence-corrected chi connectivity index (χ2v) is 7.34. The Morgan fingerprint density at radius 2 is 2.30 bits per heavy atom. The number of piperidine rings is 1. The molecule has 2 heterocycles. The molecule has 1 aliphatic heterocycles. The summed E-state index contributed by atoms with van der Waals surface area (Å²) >= 11 is 1.51. The van der Waals surface area contributed by atoms with E-state index in [4.69, 9.17) is 5.73 Å². The van der Waals surface area contributed by atoms with Crippen molar-refractivity contribution in [2.24, 2.45) is 5.41 Å². The smallest absolute Gasteiger partial charge is 0.263 e. The maximum Gasteiger partial charge on any atom is 0.263 e. The summed E-state index contributed by atoms with van der Waals surface area (Å²) in [4.78, 5) is 15.1. The lowest BCUT2D eigenvalue weighted by Gasteiger charge is -2.38. The third-order valence-electron chi connectivity index (χ3n) is 3.70. The molecule has 3 N–H and O–H groups in total. The van der Waals surface area contributed by atoms with Crippen molar-refractivity contribution in [3.8, 4) is 0 Å². The van der Waals surface area contributed by atoms with Gasteiger partial charge in [-0.15, -0.1) is 11.3 Å². The zero-order valence-electron chi connectivity index (χ0n) is 12.7. The minimum Gasteiger partial charge on any atom is -0.397 e. The molecular weight excluding hydrogens is 270 g/mol. The minimum atomic E-state index is -0.0446. The third kappa shape index (κ3) is 3.45. The van der Waals surface area contributed by atoms with Crippen molar-refractivity contribution in [1.82, 2.24) is 5.32 Å². The molecule has 1 aromatic heterocycles. The standard InChI is InChI=1S/C15H25N3OS/c1-4-7-17-14(19)13-11(16)9-12(20-13)18-8-5-6-15(2,3)10-18/h9H,4-8,10,16H2,1-3H3,(H,17,19). The van der Waals surface area contributed by atoms with Gasteiger partial charge in [0.1, 0.15) is 4.88 Å². The fraction of sp³-hybridized carbons (Fsp3) is 0.667. The van der Waals surface area contributed by atoms with Crippen LogP contribution in [0.25, 0.3) is 0 Å². The van der Waals surface area contributed by atoms with Gasteiger partial charge in [-0.1, -0.05) is 20.8 Å². The average Bonchev–Trinajstić information content (AvgIpc) is 2.77. The van der Waals surface area contributed by atoms with E-state index in [-0.39, 0.29) is 5.91 Å². The van der Waals surface area contributed by atoms with Crippen molar-refractivity contribution in [1.29, 1.82) is 0 Å². The molecule has 1 aliphatic rings. The number of hydrogen-bond acceptors (Lipinski definition) is 4. The highest BCUT2D eigenvalue weighted by Gasteiger charge is 2.28. The van der Waals surface area contributed by atoms with Crippen LogP contribution in [-0.4, -0.2) is 25.5 Å². The summed E-state index contributed by atoms with van der Waals surface area (Å²) in [5, 5.41) is 4.02. The first-order valence-corrected chi connectivity index (χ1v) is 8.17. The van der Waals surface area contributed by atoms with E-state index in [0.29, 0.717) is 22.5 Å². The van der Waals surface area contributed by atoms with E-state index >= 15 is 0 Å². The highest BCUT2D eigenvalue weighted by Crippen LogP contribution is 2.37. The Balaban J connectivity index is 2.12. The average molecular weight is 295 g/mol. The van der Waals surface area contributed by atoms with Crippen LogP contribution in [0, 0.1) is 5.41 Å². The Hall–Kier alpha value is -1.23. The molecule has 0 radical (unpaired) electrons. The Labute approximate surface area is 125 Å². The lowest BCUT2D eigenvalue weighted by molar-refractivity contribution is 0.0958. The number of carbonyl (C=O) groups is 1. The number of nitrogens with zero attached hydrogens (tertiary/aromatic N) is 1. The van der Waals surface area contributed by atoms with Crippen molar-refractivity contribution in [3.05, 3.63) is 10.9 Å². The van der Waals surface area contributed by atoms with Gasteiger partial charge in [0.25, 0.3) is 5.91 Å². The first kappa shape index (κ1) is 15.2. The summed E-state index contributed by atoms with van der Waals surface area (Å²) < 4.78 is 0. The zero-order chi connectivity index (χ0) is 14.8. The second kappa shape index (κ2) is 6.04. The van der Waals surface area contributed by atoms with E-state index in [1.807, 2.05) is 13.0 Å². The molecule has 1 saturated heterocycles. The van der Waals surface area contributed by atoms with Gasteiger partial charge in [0.15, 0.2) is 0 Å². The van der Waals surface area contributed by atoms with Crippen LogP contribution in [0.15, 0.2) is 6.07 Å². The van der Waals surface area contributed by atoms with Gasteiger partial charge in [-0.2, -0.15) is 0 Å². The topological polar surface area (TPSA) is 58.4 Å². The summed E-state index contributed by atoms with van der Waals surface area (Å²) in [6.07, 6.45) is 3.39. The van der Waals surface area contributed by atoms with Crippen LogP contribution in [0.5, 0.6) is 0 Å². The second-order valence-electron chi connectivity index (χ2n) is 6.31. The Bertz CT molecular complexity index is 481. The first-order chi connectivity index (χ1) is 9.43. The number of hydrogen-bond donors (Lipinski definition) is 2. The normalized spacial score (nSPS) is 18.1. The van der Waals surface area contributed by atoms with Crippen molar-refractivity contribution in [3.63, 3.8) is 0 Å². The minimum absolute atomic E-state index is 0.0446. The van der Waals surface area contributed by atoms with E-state index < -0.39 is 0 Å². The fourth-order valence-electron chi connectivity index (χ4n) is 2.65. The molecule has 112 valence electrons. The first-order valence-electron chi connectivity index (χ1n) is 7.35. The van der Waals surface area contributed by atoms with E-state index in [1.54, 1.807) is 0 Å². The molecule has 0 spiro atoms. The molecule has 20 heavy (non-hydrogen) atoms. The number of nitrogen functional groups attached to an aromatic ring is 1. The van der Waals surface area contributed by atoms with Gasteiger partial charge in [0.2, 0.25) is 0 Å². The molecule has 0 unspecified atom stereocenters. The number of rotatable bonds is 4. The predicted molar refractivity (Wildman–Crippen MR) is 86.6 cm³/mol. The summed E-state index contributed by atoms with van der Waals surface area (Å²) in [6, 6.07) is 1.95. The van der Waals surface area contributed by atoms with Gasteiger partial charge in [-0.3, -0.25) is 4.79 Å². The van der Waals surface area contributed by atoms with Crippen LogP contribution in [0.1, 0.15) is 49.7 Å². The van der Waals surface area contributed by atoms with E-state index in [9.17, 15) is 4.79 Å². The van der Waals surface area contributed by atoms with Crippen LogP contribution in [0.2, 0.25) is 0 Å². The van der Waals surface area contributed by atoms with Crippen molar-refractivity contribution >= 4 is 27.9 Å². The monoisotopic (exact) mass is 295 g/mol. The predicted octanol–water partition coefficient (Wildman–Crippen LogP) is 3.10. The SMILES string of the molecule is CCCNC(=O)c1sc(N2CCCC(C)(C)C2)cc1N. The van der Waals surface area contributed by atoms with Crippen LogP contribution in [0.4, 0.5) is 10.7 Å². The van der Waals surface area contributed by atoms with Crippen LogP contribution in [0.3, 0.4) is 0 Å². The van der Waals surface area contributed by atoms with Crippen LogP contribution in [-0.2, 0) is 0 Å². The van der Waals surface area contributed by atoms with Crippen LogP contribution < -0.4 is 16.0 Å². The maximum atomic E-state index is 12.0. The van der Waals surface area contributed by atoms with Crippen molar-refractivity contribution in [2.75, 3.05) is 30.3 Å². The molecular formula is C15H25N3OS. The summed E-state index contributed by atoms with van der Waals surface area (Å²) in [6.45, 7) is 9.42. The van der Waals surface area contributed by atoms with Crippen molar-refractivity contribution < 1.29 is 4.79 Å².